The number of rotatable bonds is 19. The number of benzene rings is 1. The van der Waals surface area contributed by atoms with Gasteiger partial charge in [0.05, 0.1) is 0 Å². The van der Waals surface area contributed by atoms with Gasteiger partial charge < -0.3 is 34.9 Å². The first-order valence-corrected chi connectivity index (χ1v) is 17.8. The molecular weight excluding hydrogens is 658 g/mol. The van der Waals surface area contributed by atoms with E-state index >= 15 is 0 Å². The standard InChI is InChI=1S/C38H61N3O10/c1-11-12-13-17-20-27(32(44)49-36(2,3)4)39-30(42)23-21-28(33(45)50-37(5,6)7)40-35(47)41-29(34(46)51-38(8,9)10)22-24-31(43)48-25-26-18-15-14-16-19-26/h14-16,18-19,27-29H,11-13,17,20-25H2,1-10H3,(H,39,42)(H2,40,41,47)/t27-,28-,29-/m0/s1. The van der Waals surface area contributed by atoms with Crippen LogP contribution in [0.3, 0.4) is 0 Å². The summed E-state index contributed by atoms with van der Waals surface area (Å²) in [5.74, 6) is -3.23. The van der Waals surface area contributed by atoms with Crippen LogP contribution in [0.15, 0.2) is 30.3 Å². The topological polar surface area (TPSA) is 175 Å². The van der Waals surface area contributed by atoms with Crippen molar-refractivity contribution in [3.8, 4) is 0 Å². The summed E-state index contributed by atoms with van der Waals surface area (Å²) in [7, 11) is 0. The first-order valence-electron chi connectivity index (χ1n) is 17.8. The van der Waals surface area contributed by atoms with E-state index < -0.39 is 70.7 Å². The molecule has 0 bridgehead atoms. The van der Waals surface area contributed by atoms with Gasteiger partial charge in [-0.15, -0.1) is 0 Å². The molecule has 1 aromatic carbocycles. The lowest BCUT2D eigenvalue weighted by atomic mass is 10.1. The lowest BCUT2D eigenvalue weighted by molar-refractivity contribution is -0.160. The molecule has 0 aromatic heterocycles. The predicted molar refractivity (Wildman–Crippen MR) is 192 cm³/mol. The van der Waals surface area contributed by atoms with Crippen LogP contribution in [0.2, 0.25) is 0 Å². The third-order valence-corrected chi connectivity index (χ3v) is 6.91. The number of hydrogen-bond donors (Lipinski definition) is 3. The van der Waals surface area contributed by atoms with Crippen LogP contribution in [0, 0.1) is 0 Å². The van der Waals surface area contributed by atoms with E-state index in [4.69, 9.17) is 18.9 Å². The van der Waals surface area contributed by atoms with Crippen molar-refractivity contribution in [1.29, 1.82) is 0 Å². The average molecular weight is 720 g/mol. The molecule has 51 heavy (non-hydrogen) atoms. The van der Waals surface area contributed by atoms with Gasteiger partial charge in [0.1, 0.15) is 41.5 Å². The Balaban J connectivity index is 3.03. The summed E-state index contributed by atoms with van der Waals surface area (Å²) in [5.41, 5.74) is -1.75. The highest BCUT2D eigenvalue weighted by Gasteiger charge is 2.32. The Morgan fingerprint density at radius 3 is 1.49 bits per heavy atom. The maximum atomic E-state index is 13.3. The SMILES string of the molecule is CCCCCC[C@H](NC(=O)CC[C@H](NC(=O)N[C@@H](CCC(=O)OCc1ccccc1)C(=O)OC(C)(C)C)C(=O)OC(C)(C)C)C(=O)OC(C)(C)C. The van der Waals surface area contributed by atoms with E-state index in [1.54, 1.807) is 74.4 Å². The molecule has 3 amide bonds. The fraction of sp³-hybridized carbons (Fsp3) is 0.684. The van der Waals surface area contributed by atoms with E-state index in [0.717, 1.165) is 24.8 Å². The van der Waals surface area contributed by atoms with Gasteiger partial charge in [0.25, 0.3) is 0 Å². The molecule has 0 spiro atoms. The predicted octanol–water partition coefficient (Wildman–Crippen LogP) is 5.81. The zero-order chi connectivity index (χ0) is 38.8. The number of ether oxygens (including phenoxy) is 4. The molecule has 3 atom stereocenters. The summed E-state index contributed by atoms with van der Waals surface area (Å²) in [6, 6.07) is 4.74. The van der Waals surface area contributed by atoms with Crippen LogP contribution in [0.5, 0.6) is 0 Å². The second-order valence-electron chi connectivity index (χ2n) is 15.5. The number of nitrogens with one attached hydrogen (secondary N) is 3. The van der Waals surface area contributed by atoms with Crippen molar-refractivity contribution >= 4 is 35.8 Å². The fourth-order valence-electron chi connectivity index (χ4n) is 4.61. The van der Waals surface area contributed by atoms with Gasteiger partial charge >= 0.3 is 29.9 Å². The van der Waals surface area contributed by atoms with Crippen molar-refractivity contribution in [2.24, 2.45) is 0 Å². The molecule has 3 N–H and O–H groups in total. The molecule has 13 nitrogen and oxygen atoms in total. The number of esters is 4. The fourth-order valence-corrected chi connectivity index (χ4v) is 4.61. The van der Waals surface area contributed by atoms with E-state index in [9.17, 15) is 28.8 Å². The normalized spacial score (nSPS) is 13.5. The third-order valence-electron chi connectivity index (χ3n) is 6.91. The number of urea groups is 1. The molecule has 0 aliphatic rings. The lowest BCUT2D eigenvalue weighted by Gasteiger charge is -2.27. The van der Waals surface area contributed by atoms with Gasteiger partial charge in [-0.1, -0.05) is 62.9 Å². The molecule has 0 saturated carbocycles. The summed E-state index contributed by atoms with van der Waals surface area (Å²) in [6.07, 6.45) is 3.25. The van der Waals surface area contributed by atoms with E-state index in [2.05, 4.69) is 22.9 Å². The highest BCUT2D eigenvalue weighted by atomic mass is 16.6. The molecule has 1 aromatic rings. The highest BCUT2D eigenvalue weighted by molar-refractivity contribution is 5.88. The van der Waals surface area contributed by atoms with E-state index in [1.165, 1.54) is 0 Å². The second-order valence-corrected chi connectivity index (χ2v) is 15.5. The number of hydrogen-bond acceptors (Lipinski definition) is 10. The van der Waals surface area contributed by atoms with E-state index in [-0.39, 0.29) is 32.3 Å². The van der Waals surface area contributed by atoms with Crippen LogP contribution in [0.4, 0.5) is 4.79 Å². The van der Waals surface area contributed by atoms with Crippen molar-refractivity contribution < 1.29 is 47.7 Å². The van der Waals surface area contributed by atoms with Crippen molar-refractivity contribution in [3.63, 3.8) is 0 Å². The Kier molecular flexibility index (Phi) is 18.7. The van der Waals surface area contributed by atoms with Gasteiger partial charge in [-0.25, -0.2) is 19.2 Å². The largest absolute Gasteiger partial charge is 0.461 e. The zero-order valence-corrected chi connectivity index (χ0v) is 32.3. The number of amides is 3. The van der Waals surface area contributed by atoms with Crippen molar-refractivity contribution in [2.45, 2.75) is 169 Å². The summed E-state index contributed by atoms with van der Waals surface area (Å²) in [4.78, 5) is 78.0. The molecule has 0 aliphatic heterocycles. The van der Waals surface area contributed by atoms with Crippen LogP contribution in [-0.4, -0.2) is 70.7 Å². The molecule has 13 heteroatoms. The Hall–Kier alpha value is -4.16. The molecule has 0 fully saturated rings. The third kappa shape index (κ3) is 21.6. The summed E-state index contributed by atoms with van der Waals surface area (Å²) in [5, 5.41) is 7.75. The van der Waals surface area contributed by atoms with Gasteiger partial charge in [0, 0.05) is 12.8 Å². The smallest absolute Gasteiger partial charge is 0.329 e. The van der Waals surface area contributed by atoms with Gasteiger partial charge in [-0.3, -0.25) is 9.59 Å². The Bertz CT molecular complexity index is 1280. The summed E-state index contributed by atoms with van der Waals surface area (Å²) >= 11 is 0. The van der Waals surface area contributed by atoms with Gasteiger partial charge in [0.2, 0.25) is 5.91 Å². The van der Waals surface area contributed by atoms with Crippen LogP contribution >= 0.6 is 0 Å². The molecular formula is C38H61N3O10. The molecule has 0 heterocycles. The number of carbonyl (C=O) groups is 6. The van der Waals surface area contributed by atoms with Crippen molar-refractivity contribution in [2.75, 3.05) is 0 Å². The molecule has 0 radical (unpaired) electrons. The average Bonchev–Trinajstić information content (AvgIpc) is 2.99. The monoisotopic (exact) mass is 719 g/mol. The van der Waals surface area contributed by atoms with Crippen LogP contribution in [-0.2, 0) is 49.5 Å². The molecule has 1 rings (SSSR count). The summed E-state index contributed by atoms with van der Waals surface area (Å²) in [6.45, 7) is 17.3. The van der Waals surface area contributed by atoms with Crippen LogP contribution in [0.25, 0.3) is 0 Å². The van der Waals surface area contributed by atoms with Gasteiger partial charge in [-0.2, -0.15) is 0 Å². The molecule has 288 valence electrons. The molecule has 0 saturated heterocycles. The Labute approximate surface area is 303 Å². The Morgan fingerprint density at radius 1 is 0.588 bits per heavy atom. The minimum Gasteiger partial charge on any atom is -0.461 e. The lowest BCUT2D eigenvalue weighted by Crippen LogP contribution is -2.53. The maximum absolute atomic E-state index is 13.3. The van der Waals surface area contributed by atoms with Gasteiger partial charge in [-0.05, 0) is 87.1 Å². The van der Waals surface area contributed by atoms with Crippen LogP contribution in [0.1, 0.15) is 133 Å². The summed E-state index contributed by atoms with van der Waals surface area (Å²) < 4.78 is 21.8. The number of carbonyl (C=O) groups excluding carboxylic acids is 6. The van der Waals surface area contributed by atoms with Crippen molar-refractivity contribution in [3.05, 3.63) is 35.9 Å². The first-order chi connectivity index (χ1) is 23.6. The maximum Gasteiger partial charge on any atom is 0.329 e. The minimum atomic E-state index is -1.30. The molecule has 0 unspecified atom stereocenters. The minimum absolute atomic E-state index is 0.0488. The zero-order valence-electron chi connectivity index (χ0n) is 32.3. The second kappa shape index (κ2) is 21.3. The van der Waals surface area contributed by atoms with Gasteiger partial charge in [0.15, 0.2) is 0 Å². The van der Waals surface area contributed by atoms with Crippen LogP contribution < -0.4 is 16.0 Å². The molecule has 0 aliphatic carbocycles. The highest BCUT2D eigenvalue weighted by Crippen LogP contribution is 2.16. The van der Waals surface area contributed by atoms with Crippen molar-refractivity contribution in [1.82, 2.24) is 16.0 Å². The van der Waals surface area contributed by atoms with E-state index in [0.29, 0.717) is 12.8 Å². The number of unbranched alkanes of at least 4 members (excludes halogenated alkanes) is 3. The quantitative estimate of drug-likeness (QED) is 0.0899. The Morgan fingerprint density at radius 2 is 1.04 bits per heavy atom. The first kappa shape index (κ1) is 44.9. The van der Waals surface area contributed by atoms with E-state index in [1.807, 2.05) is 18.2 Å².